The Bertz CT molecular complexity index is 1160. The van der Waals surface area contributed by atoms with Gasteiger partial charge in [0.2, 0.25) is 5.91 Å². The third-order valence-electron chi connectivity index (χ3n) is 5.10. The molecule has 1 fully saturated rings. The predicted molar refractivity (Wildman–Crippen MR) is 126 cm³/mol. The Hall–Kier alpha value is -2.07. The van der Waals surface area contributed by atoms with E-state index >= 15 is 0 Å². The summed E-state index contributed by atoms with van der Waals surface area (Å²) in [6, 6.07) is 13.3. The van der Waals surface area contributed by atoms with E-state index in [9.17, 15) is 13.2 Å². The van der Waals surface area contributed by atoms with Gasteiger partial charge >= 0.3 is 0 Å². The summed E-state index contributed by atoms with van der Waals surface area (Å²) in [5.74, 6) is 0.0876. The van der Waals surface area contributed by atoms with Gasteiger partial charge in [-0.05, 0) is 30.9 Å². The van der Waals surface area contributed by atoms with Crippen molar-refractivity contribution >= 4 is 43.7 Å². The second-order valence-corrected chi connectivity index (χ2v) is 12.2. The molecule has 1 aliphatic heterocycles. The highest BCUT2D eigenvalue weighted by atomic mass is 32.2. The van der Waals surface area contributed by atoms with Crippen LogP contribution in [0.4, 0.5) is 5.13 Å². The molecule has 0 bridgehead atoms. The number of carbonyl (C=O) groups excluding carboxylic acids is 1. The third kappa shape index (κ3) is 4.90. The molecule has 3 aromatic rings. The summed E-state index contributed by atoms with van der Waals surface area (Å²) in [6.45, 7) is 5.36. The van der Waals surface area contributed by atoms with E-state index in [0.717, 1.165) is 33.9 Å². The summed E-state index contributed by atoms with van der Waals surface area (Å²) in [4.78, 5) is 19.1. The average molecular weight is 476 g/mol. The zero-order valence-corrected chi connectivity index (χ0v) is 19.9. The highest BCUT2D eigenvalue weighted by Crippen LogP contribution is 2.36. The number of thiophene rings is 1. The first-order valence-electron chi connectivity index (χ1n) is 10.3. The fraction of sp³-hybridized carbons (Fsp3) is 0.364. The van der Waals surface area contributed by atoms with Crippen LogP contribution in [0.15, 0.2) is 46.7 Å². The normalized spacial score (nSPS) is 14.9. The quantitative estimate of drug-likeness (QED) is 0.524. The van der Waals surface area contributed by atoms with Gasteiger partial charge in [0.25, 0.3) is 10.0 Å². The molecule has 4 rings (SSSR count). The van der Waals surface area contributed by atoms with E-state index in [4.69, 9.17) is 0 Å². The number of amides is 1. The van der Waals surface area contributed by atoms with Crippen molar-refractivity contribution in [2.24, 2.45) is 0 Å². The lowest BCUT2D eigenvalue weighted by Crippen LogP contribution is -2.27. The molecule has 1 aromatic carbocycles. The van der Waals surface area contributed by atoms with Crippen LogP contribution in [0, 0.1) is 0 Å². The number of nitrogens with zero attached hydrogens (tertiary/aromatic N) is 2. The first-order chi connectivity index (χ1) is 14.8. The summed E-state index contributed by atoms with van der Waals surface area (Å²) in [7, 11) is -3.45. The number of benzene rings is 1. The molecular weight excluding hydrogens is 450 g/mol. The molecule has 0 unspecified atom stereocenters. The molecule has 0 aliphatic carbocycles. The summed E-state index contributed by atoms with van der Waals surface area (Å²) in [5, 5.41) is 3.46. The van der Waals surface area contributed by atoms with Crippen molar-refractivity contribution < 1.29 is 13.2 Å². The highest BCUT2D eigenvalue weighted by Gasteiger charge is 2.28. The van der Waals surface area contributed by atoms with E-state index < -0.39 is 10.0 Å². The van der Waals surface area contributed by atoms with E-state index in [-0.39, 0.29) is 18.2 Å². The number of anilines is 1. The Morgan fingerprint density at radius 3 is 2.48 bits per heavy atom. The third-order valence-corrected chi connectivity index (χ3v) is 9.82. The molecule has 2 aromatic heterocycles. The second-order valence-electron chi connectivity index (χ2n) is 7.81. The van der Waals surface area contributed by atoms with Crippen LogP contribution in [-0.2, 0) is 21.2 Å². The van der Waals surface area contributed by atoms with Crippen LogP contribution in [0.3, 0.4) is 0 Å². The van der Waals surface area contributed by atoms with Crippen LogP contribution in [0.2, 0.25) is 0 Å². The number of aromatic nitrogens is 1. The second kappa shape index (κ2) is 9.20. The Labute approximate surface area is 191 Å². The monoisotopic (exact) mass is 475 g/mol. The molecule has 6 nitrogen and oxygen atoms in total. The first-order valence-corrected chi connectivity index (χ1v) is 13.4. The Morgan fingerprint density at radius 2 is 1.81 bits per heavy atom. The van der Waals surface area contributed by atoms with Crippen LogP contribution in [0.1, 0.15) is 42.4 Å². The molecule has 0 radical (unpaired) electrons. The van der Waals surface area contributed by atoms with E-state index in [1.807, 2.05) is 30.3 Å². The SMILES string of the molecule is CC(C)c1sc(NC(=O)Cc2ccc(S(=O)(=O)N3CCCC3)s2)nc1-c1ccccc1. The van der Waals surface area contributed by atoms with Gasteiger partial charge in [-0.1, -0.05) is 44.2 Å². The lowest BCUT2D eigenvalue weighted by molar-refractivity contribution is -0.115. The Morgan fingerprint density at radius 1 is 1.10 bits per heavy atom. The van der Waals surface area contributed by atoms with Gasteiger partial charge in [-0.3, -0.25) is 4.79 Å². The van der Waals surface area contributed by atoms with Crippen LogP contribution in [0.25, 0.3) is 11.3 Å². The Balaban J connectivity index is 1.47. The predicted octanol–water partition coefficient (Wildman–Crippen LogP) is 4.96. The van der Waals surface area contributed by atoms with Gasteiger partial charge in [-0.25, -0.2) is 13.4 Å². The molecule has 9 heteroatoms. The van der Waals surface area contributed by atoms with E-state index in [2.05, 4.69) is 24.1 Å². The van der Waals surface area contributed by atoms with Crippen LogP contribution >= 0.6 is 22.7 Å². The van der Waals surface area contributed by atoms with Crippen LogP contribution < -0.4 is 5.32 Å². The van der Waals surface area contributed by atoms with E-state index in [1.165, 1.54) is 27.0 Å². The van der Waals surface area contributed by atoms with Crippen LogP contribution in [0.5, 0.6) is 0 Å². The lowest BCUT2D eigenvalue weighted by Gasteiger charge is -2.13. The van der Waals surface area contributed by atoms with Gasteiger partial charge in [0, 0.05) is 28.4 Å². The van der Waals surface area contributed by atoms with Crippen molar-refractivity contribution in [3.63, 3.8) is 0 Å². The number of hydrogen-bond acceptors (Lipinski definition) is 6. The van der Waals surface area contributed by atoms with Gasteiger partial charge in [0.05, 0.1) is 12.1 Å². The van der Waals surface area contributed by atoms with Crippen molar-refractivity contribution in [2.75, 3.05) is 18.4 Å². The first kappa shape index (κ1) is 22.1. The van der Waals surface area contributed by atoms with Gasteiger partial charge < -0.3 is 5.32 Å². The molecule has 1 aliphatic rings. The van der Waals surface area contributed by atoms with Crippen molar-refractivity contribution in [1.29, 1.82) is 0 Å². The number of hydrogen-bond donors (Lipinski definition) is 1. The van der Waals surface area contributed by atoms with Gasteiger partial charge in [0.15, 0.2) is 5.13 Å². The minimum Gasteiger partial charge on any atom is -0.302 e. The van der Waals surface area contributed by atoms with Gasteiger partial charge in [0.1, 0.15) is 4.21 Å². The van der Waals surface area contributed by atoms with E-state index in [1.54, 1.807) is 12.1 Å². The molecule has 1 saturated heterocycles. The molecule has 3 heterocycles. The smallest absolute Gasteiger partial charge is 0.252 e. The molecular formula is C22H25N3O3S3. The average Bonchev–Trinajstić information content (AvgIpc) is 3.49. The summed E-state index contributed by atoms with van der Waals surface area (Å²) in [5.41, 5.74) is 1.92. The Kier molecular flexibility index (Phi) is 6.57. The maximum atomic E-state index is 12.7. The summed E-state index contributed by atoms with van der Waals surface area (Å²) < 4.78 is 27.2. The topological polar surface area (TPSA) is 79.4 Å². The zero-order chi connectivity index (χ0) is 22.0. The minimum atomic E-state index is -3.45. The summed E-state index contributed by atoms with van der Waals surface area (Å²) >= 11 is 2.65. The molecule has 31 heavy (non-hydrogen) atoms. The van der Waals surface area contributed by atoms with E-state index in [0.29, 0.717) is 22.4 Å². The number of sulfonamides is 1. The van der Waals surface area contributed by atoms with Crippen LogP contribution in [-0.4, -0.2) is 36.7 Å². The standard InChI is InChI=1S/C22H25N3O3S3/c1-15(2)21-20(16-8-4-3-5-9-16)24-22(30-21)23-18(26)14-17-10-11-19(29-17)31(27,28)25-12-6-7-13-25/h3-5,8-11,15H,6-7,12-14H2,1-2H3,(H,23,24,26). The fourth-order valence-corrected chi connectivity index (χ4v) is 7.58. The minimum absolute atomic E-state index is 0.122. The molecule has 0 atom stereocenters. The largest absolute Gasteiger partial charge is 0.302 e. The highest BCUT2D eigenvalue weighted by molar-refractivity contribution is 7.91. The molecule has 164 valence electrons. The van der Waals surface area contributed by atoms with Gasteiger partial charge in [-0.15, -0.1) is 22.7 Å². The number of nitrogens with one attached hydrogen (secondary N) is 1. The lowest BCUT2D eigenvalue weighted by atomic mass is 10.1. The number of rotatable bonds is 7. The van der Waals surface area contributed by atoms with Crippen molar-refractivity contribution in [1.82, 2.24) is 9.29 Å². The summed E-state index contributed by atoms with van der Waals surface area (Å²) in [6.07, 6.45) is 1.92. The maximum absolute atomic E-state index is 12.7. The molecule has 0 spiro atoms. The zero-order valence-electron chi connectivity index (χ0n) is 17.5. The van der Waals surface area contributed by atoms with Gasteiger partial charge in [-0.2, -0.15) is 4.31 Å². The molecule has 1 N–H and O–H groups in total. The van der Waals surface area contributed by atoms with Crippen molar-refractivity contribution in [3.05, 3.63) is 52.2 Å². The van der Waals surface area contributed by atoms with Crippen molar-refractivity contribution in [3.8, 4) is 11.3 Å². The molecule has 1 amide bonds. The maximum Gasteiger partial charge on any atom is 0.252 e. The number of carbonyl (C=O) groups is 1. The fourth-order valence-electron chi connectivity index (χ4n) is 3.55. The van der Waals surface area contributed by atoms with Crippen molar-refractivity contribution in [2.45, 2.75) is 43.2 Å². The molecule has 0 saturated carbocycles. The number of thiazole rings is 1.